The highest BCUT2D eigenvalue weighted by atomic mass is 32.2. The smallest absolute Gasteiger partial charge is 0.290 e. The highest BCUT2D eigenvalue weighted by Gasteiger charge is 2.14. The first-order chi connectivity index (χ1) is 10.0. The van der Waals surface area contributed by atoms with Crippen LogP contribution in [0.15, 0.2) is 34.2 Å². The van der Waals surface area contributed by atoms with E-state index >= 15 is 0 Å². The number of thioether (sulfide) groups is 1. The fourth-order valence-electron chi connectivity index (χ4n) is 1.94. The number of amides is 1. The number of rotatable bonds is 5. The highest BCUT2D eigenvalue weighted by molar-refractivity contribution is 7.98. The number of carbonyl (C=O) groups is 1. The number of nitrogens with one attached hydrogen (secondary N) is 2. The molecule has 4 N–H and O–H groups in total. The molecule has 1 amide bonds. The molecule has 0 fully saturated rings. The molecule has 0 spiro atoms. The molecule has 0 unspecified atom stereocenters. The maximum absolute atomic E-state index is 11.7. The third-order valence-corrected chi connectivity index (χ3v) is 3.94. The summed E-state index contributed by atoms with van der Waals surface area (Å²) in [6.45, 7) is 3.83. The van der Waals surface area contributed by atoms with Crippen LogP contribution in [0.5, 0.6) is 0 Å². The molecule has 0 radical (unpaired) electrons. The average molecular weight is 307 g/mol. The van der Waals surface area contributed by atoms with Crippen molar-refractivity contribution >= 4 is 17.7 Å². The van der Waals surface area contributed by atoms with Gasteiger partial charge < -0.3 is 0 Å². The average Bonchev–Trinajstić information content (AvgIpc) is 2.85. The van der Waals surface area contributed by atoms with Crippen molar-refractivity contribution in [2.45, 2.75) is 30.8 Å². The summed E-state index contributed by atoms with van der Waals surface area (Å²) in [5.41, 5.74) is 3.24. The van der Waals surface area contributed by atoms with Crippen molar-refractivity contribution in [2.75, 3.05) is 0 Å². The molecule has 0 bridgehead atoms. The van der Waals surface area contributed by atoms with Gasteiger partial charge in [-0.1, -0.05) is 30.0 Å². The zero-order valence-corrected chi connectivity index (χ0v) is 12.6. The van der Waals surface area contributed by atoms with Crippen molar-refractivity contribution < 1.29 is 4.79 Å². The number of nitrogen functional groups attached to an aromatic ring is 1. The summed E-state index contributed by atoms with van der Waals surface area (Å²) in [5.74, 6) is 5.35. The Bertz CT molecular complexity index is 692. The monoisotopic (exact) mass is 307 g/mol. The zero-order valence-electron chi connectivity index (χ0n) is 11.8. The van der Waals surface area contributed by atoms with Gasteiger partial charge in [-0.05, 0) is 25.5 Å². The van der Waals surface area contributed by atoms with Gasteiger partial charge in [-0.2, -0.15) is 0 Å². The molecule has 0 atom stereocenters. The molecule has 2 rings (SSSR count). The van der Waals surface area contributed by atoms with E-state index in [-0.39, 0.29) is 17.6 Å². The lowest BCUT2D eigenvalue weighted by molar-refractivity contribution is 0.0953. The molecule has 8 heteroatoms. The SMILES string of the molecule is CC(C)n1c(SCc2ccccc2C(=O)NN)n[nH]c1=O. The van der Waals surface area contributed by atoms with Crippen LogP contribution < -0.4 is 17.0 Å². The van der Waals surface area contributed by atoms with Crippen molar-refractivity contribution in [1.82, 2.24) is 20.2 Å². The van der Waals surface area contributed by atoms with Crippen LogP contribution in [-0.2, 0) is 5.75 Å². The first kappa shape index (κ1) is 15.3. The minimum Gasteiger partial charge on any atom is -0.290 e. The van der Waals surface area contributed by atoms with E-state index in [1.54, 1.807) is 16.7 Å². The van der Waals surface area contributed by atoms with Crippen LogP contribution in [0.25, 0.3) is 0 Å². The van der Waals surface area contributed by atoms with Crippen LogP contribution in [0.2, 0.25) is 0 Å². The number of hydrazine groups is 1. The molecule has 0 aliphatic carbocycles. The van der Waals surface area contributed by atoms with E-state index in [9.17, 15) is 9.59 Å². The topological polar surface area (TPSA) is 106 Å². The molecular weight excluding hydrogens is 290 g/mol. The van der Waals surface area contributed by atoms with E-state index < -0.39 is 0 Å². The Morgan fingerprint density at radius 3 is 2.86 bits per heavy atom. The third kappa shape index (κ3) is 3.34. The van der Waals surface area contributed by atoms with Gasteiger partial charge in [0.25, 0.3) is 5.91 Å². The Balaban J connectivity index is 2.22. The van der Waals surface area contributed by atoms with Crippen molar-refractivity contribution in [3.8, 4) is 0 Å². The lowest BCUT2D eigenvalue weighted by Gasteiger charge is -2.10. The van der Waals surface area contributed by atoms with Crippen LogP contribution in [0.3, 0.4) is 0 Å². The lowest BCUT2D eigenvalue weighted by atomic mass is 10.1. The predicted octanol–water partition coefficient (Wildman–Crippen LogP) is 1.05. The van der Waals surface area contributed by atoms with E-state index in [0.29, 0.717) is 16.5 Å². The Morgan fingerprint density at radius 1 is 1.48 bits per heavy atom. The summed E-state index contributed by atoms with van der Waals surface area (Å²) in [6.07, 6.45) is 0. The Morgan fingerprint density at radius 2 is 2.19 bits per heavy atom. The second-order valence-electron chi connectivity index (χ2n) is 4.69. The van der Waals surface area contributed by atoms with Crippen molar-refractivity contribution in [2.24, 2.45) is 5.84 Å². The molecular formula is C13H17N5O2S. The molecule has 1 aromatic heterocycles. The van der Waals surface area contributed by atoms with Crippen molar-refractivity contribution in [3.63, 3.8) is 0 Å². The number of hydrogen-bond acceptors (Lipinski definition) is 5. The van der Waals surface area contributed by atoms with Gasteiger partial charge >= 0.3 is 5.69 Å². The van der Waals surface area contributed by atoms with Gasteiger partial charge in [0.2, 0.25) is 0 Å². The summed E-state index contributed by atoms with van der Waals surface area (Å²) in [4.78, 5) is 23.4. The maximum Gasteiger partial charge on any atom is 0.344 e. The Hall–Kier alpha value is -2.06. The molecule has 1 heterocycles. The molecule has 7 nitrogen and oxygen atoms in total. The molecule has 0 saturated carbocycles. The second-order valence-corrected chi connectivity index (χ2v) is 5.64. The van der Waals surface area contributed by atoms with E-state index in [0.717, 1.165) is 5.56 Å². The minimum absolute atomic E-state index is 0.0151. The minimum atomic E-state index is -0.338. The van der Waals surface area contributed by atoms with Crippen LogP contribution in [0.1, 0.15) is 35.8 Å². The quantitative estimate of drug-likeness (QED) is 0.331. The molecule has 21 heavy (non-hydrogen) atoms. The molecule has 2 aromatic rings. The number of benzene rings is 1. The first-order valence-corrected chi connectivity index (χ1v) is 7.41. The summed E-state index contributed by atoms with van der Waals surface area (Å²) in [5, 5.41) is 7.05. The zero-order chi connectivity index (χ0) is 15.4. The normalized spacial score (nSPS) is 10.9. The van der Waals surface area contributed by atoms with Gasteiger partial charge in [0.1, 0.15) is 0 Å². The van der Waals surface area contributed by atoms with Crippen LogP contribution in [-0.4, -0.2) is 20.7 Å². The predicted molar refractivity (Wildman–Crippen MR) is 80.9 cm³/mol. The standard InChI is InChI=1S/C13H17N5O2S/c1-8(2)18-12(20)16-17-13(18)21-7-9-5-3-4-6-10(9)11(19)15-14/h3-6,8H,7,14H2,1-2H3,(H,15,19)(H,16,20). The van der Waals surface area contributed by atoms with Gasteiger partial charge in [0.05, 0.1) is 0 Å². The second kappa shape index (κ2) is 6.59. The van der Waals surface area contributed by atoms with Gasteiger partial charge in [-0.25, -0.2) is 15.7 Å². The van der Waals surface area contributed by atoms with E-state index in [4.69, 9.17) is 5.84 Å². The summed E-state index contributed by atoms with van der Waals surface area (Å²) in [7, 11) is 0. The van der Waals surface area contributed by atoms with Crippen LogP contribution in [0.4, 0.5) is 0 Å². The van der Waals surface area contributed by atoms with Crippen molar-refractivity contribution in [1.29, 1.82) is 0 Å². The van der Waals surface area contributed by atoms with Crippen molar-refractivity contribution in [3.05, 3.63) is 45.9 Å². The summed E-state index contributed by atoms with van der Waals surface area (Å²) in [6, 6.07) is 7.20. The summed E-state index contributed by atoms with van der Waals surface area (Å²) < 4.78 is 1.58. The van der Waals surface area contributed by atoms with Crippen LogP contribution >= 0.6 is 11.8 Å². The number of H-pyrrole nitrogens is 1. The summed E-state index contributed by atoms with van der Waals surface area (Å²) >= 11 is 1.39. The maximum atomic E-state index is 11.7. The van der Waals surface area contributed by atoms with E-state index in [1.807, 2.05) is 26.0 Å². The van der Waals surface area contributed by atoms with Gasteiger partial charge in [0.15, 0.2) is 5.16 Å². The molecule has 0 aliphatic rings. The molecule has 0 aliphatic heterocycles. The van der Waals surface area contributed by atoms with Gasteiger partial charge in [-0.15, -0.1) is 5.10 Å². The Kier molecular flexibility index (Phi) is 4.81. The lowest BCUT2D eigenvalue weighted by Crippen LogP contribution is -2.30. The first-order valence-electron chi connectivity index (χ1n) is 6.43. The number of aromatic nitrogens is 3. The van der Waals surface area contributed by atoms with Crippen LogP contribution in [0, 0.1) is 0 Å². The number of carbonyl (C=O) groups excluding carboxylic acids is 1. The largest absolute Gasteiger partial charge is 0.344 e. The van der Waals surface area contributed by atoms with Gasteiger partial charge in [-0.3, -0.25) is 14.8 Å². The number of nitrogens with two attached hydrogens (primary N) is 1. The Labute approximate surface area is 125 Å². The number of aromatic amines is 1. The van der Waals surface area contributed by atoms with E-state index in [2.05, 4.69) is 15.6 Å². The molecule has 112 valence electrons. The van der Waals surface area contributed by atoms with Gasteiger partial charge in [0, 0.05) is 17.4 Å². The molecule has 1 aromatic carbocycles. The third-order valence-electron chi connectivity index (χ3n) is 2.94. The van der Waals surface area contributed by atoms with E-state index in [1.165, 1.54) is 11.8 Å². The number of nitrogens with zero attached hydrogens (tertiary/aromatic N) is 2. The fraction of sp³-hybridized carbons (Fsp3) is 0.308. The highest BCUT2D eigenvalue weighted by Crippen LogP contribution is 2.23. The number of hydrogen-bond donors (Lipinski definition) is 3. The fourth-order valence-corrected chi connectivity index (χ4v) is 3.01. The molecule has 0 saturated heterocycles.